The van der Waals surface area contributed by atoms with E-state index in [0.29, 0.717) is 10.8 Å². The highest BCUT2D eigenvalue weighted by Crippen LogP contribution is 2.57. The zero-order valence-electron chi connectivity index (χ0n) is 14.1. The molecule has 3 atom stereocenters. The maximum atomic E-state index is 9.40. The van der Waals surface area contributed by atoms with Crippen LogP contribution in [0.4, 0.5) is 0 Å². The van der Waals surface area contributed by atoms with Gasteiger partial charge in [-0.3, -0.25) is 0 Å². The van der Waals surface area contributed by atoms with Crippen molar-refractivity contribution in [1.82, 2.24) is 0 Å². The minimum atomic E-state index is 0.242. The average molecular weight is 286 g/mol. The first-order valence-corrected chi connectivity index (χ1v) is 8.62. The molecule has 1 aromatic rings. The summed E-state index contributed by atoms with van der Waals surface area (Å²) in [7, 11) is 0. The molecule has 0 spiro atoms. The number of fused-ring (bicyclic) bond motifs is 3. The topological polar surface area (TPSA) is 20.2 Å². The Morgan fingerprint density at radius 2 is 2.00 bits per heavy atom. The lowest BCUT2D eigenvalue weighted by Gasteiger charge is -2.54. The summed E-state index contributed by atoms with van der Waals surface area (Å²) in [5.41, 5.74) is 5.27. The molecule has 0 aliphatic heterocycles. The smallest absolute Gasteiger partial charge is 0.0497 e. The fraction of sp³-hybridized carbons (Fsp3) is 0.700. The van der Waals surface area contributed by atoms with Gasteiger partial charge in [0.05, 0.1) is 0 Å². The molecule has 1 unspecified atom stereocenters. The summed E-state index contributed by atoms with van der Waals surface area (Å²) in [4.78, 5) is 0. The van der Waals surface area contributed by atoms with Gasteiger partial charge >= 0.3 is 0 Å². The van der Waals surface area contributed by atoms with Crippen molar-refractivity contribution in [3.05, 3.63) is 34.9 Å². The molecule has 0 saturated heterocycles. The Kier molecular flexibility index (Phi) is 3.68. The molecule has 1 N–H and O–H groups in total. The molecular weight excluding hydrogens is 256 g/mol. The van der Waals surface area contributed by atoms with Gasteiger partial charge in [-0.25, -0.2) is 0 Å². The largest absolute Gasteiger partial charge is 0.396 e. The summed E-state index contributed by atoms with van der Waals surface area (Å²) >= 11 is 0. The lowest BCUT2D eigenvalue weighted by Crippen LogP contribution is -2.47. The fourth-order valence-electron chi connectivity index (χ4n) is 5.24. The van der Waals surface area contributed by atoms with Crippen LogP contribution in [0.3, 0.4) is 0 Å². The SMILES string of the molecule is CC(CO)c1ccc2c(c1)CC[C@@H]1C(C)(C)CCC[C@@]21C. The van der Waals surface area contributed by atoms with E-state index in [1.54, 1.807) is 11.1 Å². The molecule has 2 aliphatic carbocycles. The highest BCUT2D eigenvalue weighted by molar-refractivity contribution is 5.42. The standard InChI is InChI=1S/C20H30O/c1-14(13-21)15-6-8-17-16(12-15)7-9-18-19(2,3)10-5-11-20(17,18)4/h6,8,12,14,18,21H,5,7,9-11,13H2,1-4H3/t14?,18-,20+/m1/s1. The Bertz CT molecular complexity index is 531. The lowest BCUT2D eigenvalue weighted by molar-refractivity contribution is 0.0407. The second kappa shape index (κ2) is 5.12. The van der Waals surface area contributed by atoms with Crippen molar-refractivity contribution in [2.45, 2.75) is 71.1 Å². The van der Waals surface area contributed by atoms with Crippen LogP contribution in [-0.4, -0.2) is 11.7 Å². The monoisotopic (exact) mass is 286 g/mol. The van der Waals surface area contributed by atoms with Gasteiger partial charge in [0.1, 0.15) is 0 Å². The van der Waals surface area contributed by atoms with E-state index in [1.165, 1.54) is 37.7 Å². The zero-order valence-corrected chi connectivity index (χ0v) is 14.1. The highest BCUT2D eigenvalue weighted by atomic mass is 16.3. The normalized spacial score (nSPS) is 32.1. The van der Waals surface area contributed by atoms with E-state index >= 15 is 0 Å². The molecule has 0 bridgehead atoms. The van der Waals surface area contributed by atoms with Gasteiger partial charge < -0.3 is 5.11 Å². The van der Waals surface area contributed by atoms with Gasteiger partial charge in [0.25, 0.3) is 0 Å². The molecule has 2 aliphatic rings. The zero-order chi connectivity index (χ0) is 15.3. The summed E-state index contributed by atoms with van der Waals surface area (Å²) in [6, 6.07) is 7.01. The summed E-state index contributed by atoms with van der Waals surface area (Å²) in [5.74, 6) is 1.07. The third-order valence-corrected chi connectivity index (χ3v) is 6.52. The molecular formula is C20H30O. The second-order valence-corrected chi connectivity index (χ2v) is 8.35. The van der Waals surface area contributed by atoms with E-state index in [9.17, 15) is 5.11 Å². The Hall–Kier alpha value is -0.820. The average Bonchev–Trinajstić information content (AvgIpc) is 2.45. The van der Waals surface area contributed by atoms with Crippen LogP contribution < -0.4 is 0 Å². The van der Waals surface area contributed by atoms with E-state index < -0.39 is 0 Å². The van der Waals surface area contributed by atoms with Gasteiger partial charge in [-0.1, -0.05) is 52.3 Å². The minimum Gasteiger partial charge on any atom is -0.396 e. The summed E-state index contributed by atoms with van der Waals surface area (Å²) in [6.45, 7) is 9.81. The van der Waals surface area contributed by atoms with Crippen molar-refractivity contribution in [3.8, 4) is 0 Å². The van der Waals surface area contributed by atoms with E-state index in [-0.39, 0.29) is 12.5 Å². The molecule has 1 heteroatoms. The molecule has 1 fully saturated rings. The van der Waals surface area contributed by atoms with Crippen molar-refractivity contribution in [1.29, 1.82) is 0 Å². The first-order valence-electron chi connectivity index (χ1n) is 8.62. The maximum Gasteiger partial charge on any atom is 0.0497 e. The molecule has 0 heterocycles. The Morgan fingerprint density at radius 3 is 2.71 bits per heavy atom. The number of aliphatic hydroxyl groups excluding tert-OH is 1. The first-order chi connectivity index (χ1) is 9.88. The minimum absolute atomic E-state index is 0.242. The Morgan fingerprint density at radius 1 is 1.24 bits per heavy atom. The highest BCUT2D eigenvalue weighted by Gasteiger charge is 2.49. The van der Waals surface area contributed by atoms with Crippen molar-refractivity contribution in [3.63, 3.8) is 0 Å². The summed E-state index contributed by atoms with van der Waals surface area (Å²) in [5, 5.41) is 9.40. The predicted octanol–water partition coefficient (Wildman–Crippen LogP) is 4.81. The molecule has 1 nitrogen and oxygen atoms in total. The molecule has 1 saturated carbocycles. The maximum absolute atomic E-state index is 9.40. The van der Waals surface area contributed by atoms with Crippen LogP contribution in [0.5, 0.6) is 0 Å². The quantitative estimate of drug-likeness (QED) is 0.827. The van der Waals surface area contributed by atoms with Crippen LogP contribution in [0.25, 0.3) is 0 Å². The van der Waals surface area contributed by atoms with Gasteiger partial charge in [0, 0.05) is 12.5 Å². The summed E-state index contributed by atoms with van der Waals surface area (Å²) in [6.07, 6.45) is 6.61. The van der Waals surface area contributed by atoms with E-state index in [4.69, 9.17) is 0 Å². The Balaban J connectivity index is 2.03. The van der Waals surface area contributed by atoms with Gasteiger partial charge in [0.2, 0.25) is 0 Å². The molecule has 1 aromatic carbocycles. The Labute approximate surface area is 129 Å². The van der Waals surface area contributed by atoms with Gasteiger partial charge in [-0.15, -0.1) is 0 Å². The van der Waals surface area contributed by atoms with Gasteiger partial charge in [-0.05, 0) is 59.1 Å². The van der Waals surface area contributed by atoms with E-state index in [0.717, 1.165) is 5.92 Å². The number of hydrogen-bond acceptors (Lipinski definition) is 1. The van der Waals surface area contributed by atoms with Crippen molar-refractivity contribution in [2.75, 3.05) is 6.61 Å². The molecule has 0 radical (unpaired) electrons. The van der Waals surface area contributed by atoms with Gasteiger partial charge in [-0.2, -0.15) is 0 Å². The number of rotatable bonds is 2. The van der Waals surface area contributed by atoms with Crippen LogP contribution in [0.1, 0.15) is 76.0 Å². The predicted molar refractivity (Wildman–Crippen MR) is 88.7 cm³/mol. The molecule has 0 aromatic heterocycles. The lowest BCUT2D eigenvalue weighted by atomic mass is 9.50. The van der Waals surface area contributed by atoms with E-state index in [2.05, 4.69) is 45.9 Å². The third kappa shape index (κ3) is 2.34. The van der Waals surface area contributed by atoms with E-state index in [1.807, 2.05) is 0 Å². The van der Waals surface area contributed by atoms with Crippen molar-refractivity contribution < 1.29 is 5.11 Å². The van der Waals surface area contributed by atoms with Gasteiger partial charge in [0.15, 0.2) is 0 Å². The van der Waals surface area contributed by atoms with Crippen LogP contribution in [0, 0.1) is 11.3 Å². The molecule has 3 rings (SSSR count). The molecule has 0 amide bonds. The first kappa shape index (κ1) is 15.1. The van der Waals surface area contributed by atoms with Crippen molar-refractivity contribution >= 4 is 0 Å². The summed E-state index contributed by atoms with van der Waals surface area (Å²) < 4.78 is 0. The molecule has 116 valence electrons. The van der Waals surface area contributed by atoms with Crippen molar-refractivity contribution in [2.24, 2.45) is 11.3 Å². The number of benzene rings is 1. The molecule has 21 heavy (non-hydrogen) atoms. The number of aliphatic hydroxyl groups is 1. The fourth-order valence-corrected chi connectivity index (χ4v) is 5.24. The van der Waals surface area contributed by atoms with Crippen LogP contribution in [0.15, 0.2) is 18.2 Å². The number of hydrogen-bond donors (Lipinski definition) is 1. The second-order valence-electron chi connectivity index (χ2n) is 8.35. The van der Waals surface area contributed by atoms with Crippen LogP contribution >= 0.6 is 0 Å². The van der Waals surface area contributed by atoms with Crippen LogP contribution in [0.2, 0.25) is 0 Å². The third-order valence-electron chi connectivity index (χ3n) is 6.52. The number of aryl methyl sites for hydroxylation is 1. The van der Waals surface area contributed by atoms with Crippen LogP contribution in [-0.2, 0) is 11.8 Å².